The summed E-state index contributed by atoms with van der Waals surface area (Å²) in [5.74, 6) is 0.669. The van der Waals surface area contributed by atoms with Crippen molar-refractivity contribution in [3.8, 4) is 5.75 Å². The zero-order valence-corrected chi connectivity index (χ0v) is 25.5. The molecular weight excluding hydrogens is 542 g/mol. The van der Waals surface area contributed by atoms with E-state index in [0.717, 1.165) is 11.3 Å². The number of ether oxygens (including phenoxy) is 1. The molecule has 0 saturated heterocycles. The van der Waals surface area contributed by atoms with Crippen LogP contribution in [0.4, 0.5) is 16.2 Å². The van der Waals surface area contributed by atoms with Crippen molar-refractivity contribution in [3.05, 3.63) is 70.6 Å². The highest BCUT2D eigenvalue weighted by Crippen LogP contribution is 2.37. The van der Waals surface area contributed by atoms with Crippen molar-refractivity contribution >= 4 is 40.6 Å². The molecule has 4 aromatic rings. The van der Waals surface area contributed by atoms with Crippen LogP contribution in [0.15, 0.2) is 48.5 Å². The van der Waals surface area contributed by atoms with Gasteiger partial charge in [0.25, 0.3) is 5.91 Å². The number of aromatic nitrogens is 4. The van der Waals surface area contributed by atoms with Crippen LogP contribution in [0.2, 0.25) is 5.02 Å². The van der Waals surface area contributed by atoms with Crippen LogP contribution in [0.5, 0.6) is 5.75 Å². The second-order valence-electron chi connectivity index (χ2n) is 12.3. The molecule has 4 N–H and O–H groups in total. The number of benzene rings is 2. The quantitative estimate of drug-likeness (QED) is 0.197. The summed E-state index contributed by atoms with van der Waals surface area (Å²) in [4.78, 5) is 25.7. The lowest BCUT2D eigenvalue weighted by Gasteiger charge is -2.40. The van der Waals surface area contributed by atoms with E-state index in [9.17, 15) is 9.59 Å². The zero-order chi connectivity index (χ0) is 30.2. The van der Waals surface area contributed by atoms with Gasteiger partial charge in [0.2, 0.25) is 0 Å². The van der Waals surface area contributed by atoms with Crippen LogP contribution >= 0.6 is 11.6 Å². The Morgan fingerprint density at radius 1 is 0.976 bits per heavy atom. The third kappa shape index (κ3) is 6.32. The van der Waals surface area contributed by atoms with Crippen molar-refractivity contribution in [2.75, 3.05) is 17.2 Å². The maximum Gasteiger partial charge on any atom is 0.323 e. The van der Waals surface area contributed by atoms with E-state index in [4.69, 9.17) is 16.3 Å². The Balaban J connectivity index is 1.44. The van der Waals surface area contributed by atoms with Gasteiger partial charge in [-0.05, 0) is 50.6 Å². The third-order valence-corrected chi connectivity index (χ3v) is 7.75. The molecule has 41 heavy (non-hydrogen) atoms. The third-order valence-electron chi connectivity index (χ3n) is 7.40. The molecule has 11 heteroatoms. The summed E-state index contributed by atoms with van der Waals surface area (Å²) in [6.45, 7) is 15.7. The van der Waals surface area contributed by atoms with Gasteiger partial charge in [-0.3, -0.25) is 9.89 Å². The van der Waals surface area contributed by atoms with Crippen molar-refractivity contribution in [2.45, 2.75) is 71.8 Å². The van der Waals surface area contributed by atoms with E-state index in [1.165, 1.54) is 0 Å². The summed E-state index contributed by atoms with van der Waals surface area (Å²) in [5, 5.41) is 21.3. The molecule has 0 aliphatic carbocycles. The van der Waals surface area contributed by atoms with Crippen LogP contribution in [0.3, 0.4) is 0 Å². The van der Waals surface area contributed by atoms with Crippen LogP contribution in [0.1, 0.15) is 65.5 Å². The number of hydrogen-bond donors (Lipinski definition) is 4. The molecule has 2 aromatic heterocycles. The predicted molar refractivity (Wildman–Crippen MR) is 162 cm³/mol. The van der Waals surface area contributed by atoms with Crippen molar-refractivity contribution < 1.29 is 14.3 Å². The van der Waals surface area contributed by atoms with E-state index in [-0.39, 0.29) is 17.9 Å². The fraction of sp³-hybridized carbons (Fsp3) is 0.400. The Morgan fingerprint density at radius 2 is 1.68 bits per heavy atom. The van der Waals surface area contributed by atoms with Gasteiger partial charge in [0, 0.05) is 22.1 Å². The predicted octanol–water partition coefficient (Wildman–Crippen LogP) is 6.21. The smallest absolute Gasteiger partial charge is 0.323 e. The minimum atomic E-state index is -0.763. The summed E-state index contributed by atoms with van der Waals surface area (Å²) in [7, 11) is 0. The highest BCUT2D eigenvalue weighted by atomic mass is 35.5. The molecule has 0 saturated carbocycles. The van der Waals surface area contributed by atoms with E-state index in [1.54, 1.807) is 34.8 Å². The molecule has 0 aliphatic heterocycles. The summed E-state index contributed by atoms with van der Waals surface area (Å²) in [6.07, 6.45) is 0. The Hall–Kier alpha value is -4.05. The van der Waals surface area contributed by atoms with Crippen molar-refractivity contribution in [1.29, 1.82) is 0 Å². The van der Waals surface area contributed by atoms with Crippen molar-refractivity contribution in [2.24, 2.45) is 0 Å². The first-order valence-corrected chi connectivity index (χ1v) is 13.8. The van der Waals surface area contributed by atoms with Crippen LogP contribution < -0.4 is 20.7 Å². The molecule has 0 radical (unpaired) electrons. The van der Waals surface area contributed by atoms with Gasteiger partial charge in [0.05, 0.1) is 11.4 Å². The lowest BCUT2D eigenvalue weighted by Crippen LogP contribution is -2.57. The highest BCUT2D eigenvalue weighted by Gasteiger charge is 2.44. The number of rotatable bonds is 8. The largest absolute Gasteiger partial charge is 0.482 e. The van der Waals surface area contributed by atoms with Crippen LogP contribution in [-0.2, 0) is 15.6 Å². The molecule has 218 valence electrons. The molecule has 0 fully saturated rings. The van der Waals surface area contributed by atoms with E-state index in [0.29, 0.717) is 33.6 Å². The van der Waals surface area contributed by atoms with Gasteiger partial charge in [-0.25, -0.2) is 9.31 Å². The number of carbonyl (C=O) groups excluding carboxylic acids is 2. The fourth-order valence-corrected chi connectivity index (χ4v) is 4.82. The van der Waals surface area contributed by atoms with Gasteiger partial charge in [-0.1, -0.05) is 70.5 Å². The molecule has 3 amide bonds. The van der Waals surface area contributed by atoms with Gasteiger partial charge >= 0.3 is 6.03 Å². The number of aryl methyl sites for hydroxylation is 1. The molecule has 4 rings (SSSR count). The fourth-order valence-electron chi connectivity index (χ4n) is 4.37. The number of amides is 3. The summed E-state index contributed by atoms with van der Waals surface area (Å²) < 4.78 is 7.62. The molecule has 0 aliphatic rings. The van der Waals surface area contributed by atoms with Crippen LogP contribution in [0, 0.1) is 6.92 Å². The Kier molecular flexibility index (Phi) is 8.09. The van der Waals surface area contributed by atoms with E-state index >= 15 is 0 Å². The Morgan fingerprint density at radius 3 is 2.37 bits per heavy atom. The summed E-state index contributed by atoms with van der Waals surface area (Å²) >= 11 is 6.62. The molecule has 0 bridgehead atoms. The molecule has 0 unspecified atom stereocenters. The van der Waals surface area contributed by atoms with Gasteiger partial charge in [0.1, 0.15) is 10.8 Å². The number of nitrogens with zero attached hydrogens (tertiary/aromatic N) is 3. The van der Waals surface area contributed by atoms with E-state index < -0.39 is 17.0 Å². The molecule has 2 aromatic carbocycles. The number of H-pyrrole nitrogens is 1. The summed E-state index contributed by atoms with van der Waals surface area (Å²) in [5.41, 5.74) is 1.90. The SMILES string of the molecule is Cc1cccc(NC(=O)Nc2ccccc2OCC(=O)NC(C)(C)C(C)(C)c2nnc3c(Cl)c(C(C)(C)C)[nH]n23)c1. The normalized spacial score (nSPS) is 12.3. The molecule has 0 spiro atoms. The lowest BCUT2D eigenvalue weighted by atomic mass is 9.73. The monoisotopic (exact) mass is 579 g/mol. The Bertz CT molecular complexity index is 1580. The summed E-state index contributed by atoms with van der Waals surface area (Å²) in [6, 6.07) is 14.0. The first-order chi connectivity index (χ1) is 19.1. The molecular formula is C30H38ClN7O3. The number of halogens is 1. The van der Waals surface area contributed by atoms with Crippen molar-refractivity contribution in [1.82, 2.24) is 25.1 Å². The molecule has 10 nitrogen and oxygen atoms in total. The Labute approximate surface area is 245 Å². The maximum atomic E-state index is 13.1. The number of nitrogens with one attached hydrogen (secondary N) is 4. The standard InChI is InChI=1S/C30H38ClN7O3/c1-18-12-11-13-19(16-18)32-27(40)33-20-14-9-10-15-21(20)41-17-22(39)34-30(7,8)29(5,6)26-36-35-25-23(31)24(28(2,3)4)37-38(25)26/h9-16,37H,17H2,1-8H3,(H,34,39)(H2,32,33,40). The van der Waals surface area contributed by atoms with E-state index in [2.05, 4.69) is 52.0 Å². The number of carbonyl (C=O) groups is 2. The minimum Gasteiger partial charge on any atom is -0.482 e. The van der Waals surface area contributed by atoms with Crippen LogP contribution in [0.25, 0.3) is 5.65 Å². The number of aromatic amines is 1. The first-order valence-electron chi connectivity index (χ1n) is 13.4. The number of hydrogen-bond acceptors (Lipinski definition) is 5. The maximum absolute atomic E-state index is 13.1. The second kappa shape index (κ2) is 11.1. The topological polar surface area (TPSA) is 125 Å². The van der Waals surface area contributed by atoms with Gasteiger partial charge in [0.15, 0.2) is 18.1 Å². The first kappa shape index (κ1) is 29.9. The van der Waals surface area contributed by atoms with Gasteiger partial charge in [-0.2, -0.15) is 0 Å². The molecule has 2 heterocycles. The average Bonchev–Trinajstić information content (AvgIpc) is 3.43. The lowest BCUT2D eigenvalue weighted by molar-refractivity contribution is -0.125. The number of fused-ring (bicyclic) bond motifs is 1. The van der Waals surface area contributed by atoms with Crippen molar-refractivity contribution in [3.63, 3.8) is 0 Å². The van der Waals surface area contributed by atoms with Gasteiger partial charge < -0.3 is 20.7 Å². The zero-order valence-electron chi connectivity index (χ0n) is 24.8. The minimum absolute atomic E-state index is 0.216. The number of para-hydroxylation sites is 2. The average molecular weight is 580 g/mol. The number of anilines is 2. The van der Waals surface area contributed by atoms with Crippen LogP contribution in [-0.4, -0.2) is 43.9 Å². The number of urea groups is 1. The highest BCUT2D eigenvalue weighted by molar-refractivity contribution is 6.34. The van der Waals surface area contributed by atoms with Gasteiger partial charge in [-0.15, -0.1) is 10.2 Å². The van der Waals surface area contributed by atoms with E-state index in [1.807, 2.05) is 52.8 Å². The second-order valence-corrected chi connectivity index (χ2v) is 12.6. The molecule has 0 atom stereocenters.